The molecule has 0 aromatic heterocycles. The predicted octanol–water partition coefficient (Wildman–Crippen LogP) is 1.33. The normalized spacial score (nSPS) is 34.8. The van der Waals surface area contributed by atoms with Crippen LogP contribution in [-0.2, 0) is 4.74 Å². The topological polar surface area (TPSA) is 24.5 Å². The number of halogens is 1. The van der Waals surface area contributed by atoms with E-state index in [2.05, 4.69) is 24.2 Å². The molecule has 1 N–H and O–H groups in total. The summed E-state index contributed by atoms with van der Waals surface area (Å²) in [4.78, 5) is 2.40. The molecule has 2 heterocycles. The Morgan fingerprint density at radius 1 is 1.27 bits per heavy atom. The Bertz CT molecular complexity index is 155. The first kappa shape index (κ1) is 13.2. The SMILES string of the molecule is CC1CNC(C2CCN(C)CC2)OC1.Cl. The maximum absolute atomic E-state index is 5.84. The van der Waals surface area contributed by atoms with E-state index >= 15 is 0 Å². The van der Waals surface area contributed by atoms with Gasteiger partial charge in [0.1, 0.15) is 6.23 Å². The molecule has 0 bridgehead atoms. The summed E-state index contributed by atoms with van der Waals surface area (Å²) in [5.41, 5.74) is 0. The molecule has 3 nitrogen and oxygen atoms in total. The van der Waals surface area contributed by atoms with E-state index in [0.29, 0.717) is 12.1 Å². The lowest BCUT2D eigenvalue weighted by atomic mass is 9.94. The molecule has 0 radical (unpaired) electrons. The van der Waals surface area contributed by atoms with E-state index in [0.717, 1.165) is 19.1 Å². The van der Waals surface area contributed by atoms with Crippen LogP contribution in [0.2, 0.25) is 0 Å². The third kappa shape index (κ3) is 3.59. The van der Waals surface area contributed by atoms with Crippen molar-refractivity contribution < 1.29 is 4.74 Å². The van der Waals surface area contributed by atoms with Crippen molar-refractivity contribution in [3.05, 3.63) is 0 Å². The molecule has 15 heavy (non-hydrogen) atoms. The van der Waals surface area contributed by atoms with Gasteiger partial charge in [-0.05, 0) is 38.9 Å². The van der Waals surface area contributed by atoms with E-state index in [9.17, 15) is 0 Å². The Kier molecular flexibility index (Phi) is 5.33. The zero-order valence-electron chi connectivity index (χ0n) is 9.74. The van der Waals surface area contributed by atoms with Crippen molar-refractivity contribution in [3.8, 4) is 0 Å². The summed E-state index contributed by atoms with van der Waals surface area (Å²) < 4.78 is 5.84. The third-order valence-corrected chi connectivity index (χ3v) is 3.42. The molecule has 2 saturated heterocycles. The van der Waals surface area contributed by atoms with Gasteiger partial charge < -0.3 is 9.64 Å². The Balaban J connectivity index is 0.00000112. The molecule has 2 aliphatic heterocycles. The number of hydrogen-bond acceptors (Lipinski definition) is 3. The van der Waals surface area contributed by atoms with Crippen molar-refractivity contribution in [2.45, 2.75) is 26.0 Å². The third-order valence-electron chi connectivity index (χ3n) is 3.42. The molecule has 2 aliphatic rings. The van der Waals surface area contributed by atoms with Crippen molar-refractivity contribution in [1.29, 1.82) is 0 Å². The van der Waals surface area contributed by atoms with Gasteiger partial charge in [0.2, 0.25) is 0 Å². The van der Waals surface area contributed by atoms with Crippen LogP contribution in [0.3, 0.4) is 0 Å². The lowest BCUT2D eigenvalue weighted by Crippen LogP contribution is -2.49. The largest absolute Gasteiger partial charge is 0.363 e. The Labute approximate surface area is 99.0 Å². The van der Waals surface area contributed by atoms with Crippen LogP contribution in [0, 0.1) is 11.8 Å². The van der Waals surface area contributed by atoms with Gasteiger partial charge in [0.25, 0.3) is 0 Å². The number of piperidine rings is 1. The second kappa shape index (κ2) is 6.04. The van der Waals surface area contributed by atoms with Crippen LogP contribution in [0.25, 0.3) is 0 Å². The fourth-order valence-electron chi connectivity index (χ4n) is 2.34. The predicted molar refractivity (Wildman–Crippen MR) is 64.4 cm³/mol. The summed E-state index contributed by atoms with van der Waals surface area (Å²) >= 11 is 0. The van der Waals surface area contributed by atoms with Crippen LogP contribution in [-0.4, -0.2) is 44.4 Å². The lowest BCUT2D eigenvalue weighted by Gasteiger charge is -2.38. The van der Waals surface area contributed by atoms with Crippen LogP contribution in [0.5, 0.6) is 0 Å². The molecule has 2 rings (SSSR count). The summed E-state index contributed by atoms with van der Waals surface area (Å²) in [6, 6.07) is 0. The highest BCUT2D eigenvalue weighted by Crippen LogP contribution is 2.22. The monoisotopic (exact) mass is 234 g/mol. The first-order valence-electron chi connectivity index (χ1n) is 5.79. The minimum atomic E-state index is 0. The van der Waals surface area contributed by atoms with Crippen LogP contribution in [0.15, 0.2) is 0 Å². The molecule has 0 saturated carbocycles. The molecular weight excluding hydrogens is 212 g/mol. The molecule has 4 heteroatoms. The van der Waals surface area contributed by atoms with Crippen molar-refractivity contribution in [3.63, 3.8) is 0 Å². The van der Waals surface area contributed by atoms with Gasteiger partial charge in [-0.15, -0.1) is 12.4 Å². The molecule has 2 unspecified atom stereocenters. The van der Waals surface area contributed by atoms with E-state index in [-0.39, 0.29) is 12.4 Å². The van der Waals surface area contributed by atoms with Gasteiger partial charge in [0.05, 0.1) is 6.61 Å². The van der Waals surface area contributed by atoms with Crippen LogP contribution in [0.1, 0.15) is 19.8 Å². The average molecular weight is 235 g/mol. The standard InChI is InChI=1S/C11H22N2O.ClH/c1-9-7-12-11(14-8-9)10-3-5-13(2)6-4-10;/h9-12H,3-8H2,1-2H3;1H. The van der Waals surface area contributed by atoms with E-state index < -0.39 is 0 Å². The maximum atomic E-state index is 5.84. The summed E-state index contributed by atoms with van der Waals surface area (Å²) in [7, 11) is 2.20. The van der Waals surface area contributed by atoms with E-state index in [1.54, 1.807) is 0 Å². The second-order valence-electron chi connectivity index (χ2n) is 4.91. The molecular formula is C11H23ClN2O. The van der Waals surface area contributed by atoms with Gasteiger partial charge in [0, 0.05) is 12.5 Å². The summed E-state index contributed by atoms with van der Waals surface area (Å²) in [6.07, 6.45) is 2.89. The first-order valence-corrected chi connectivity index (χ1v) is 5.79. The molecule has 0 aromatic rings. The van der Waals surface area contributed by atoms with Gasteiger partial charge >= 0.3 is 0 Å². The summed E-state index contributed by atoms with van der Waals surface area (Å²) in [5, 5.41) is 3.51. The number of nitrogens with zero attached hydrogens (tertiary/aromatic N) is 1. The van der Waals surface area contributed by atoms with Gasteiger partial charge in [-0.1, -0.05) is 6.92 Å². The first-order chi connectivity index (χ1) is 6.75. The van der Waals surface area contributed by atoms with Crippen LogP contribution in [0.4, 0.5) is 0 Å². The quantitative estimate of drug-likeness (QED) is 0.741. The number of hydrogen-bond donors (Lipinski definition) is 1. The minimum Gasteiger partial charge on any atom is -0.363 e. The molecule has 2 fully saturated rings. The summed E-state index contributed by atoms with van der Waals surface area (Å²) in [5.74, 6) is 1.41. The number of ether oxygens (including phenoxy) is 1. The van der Waals surface area contributed by atoms with Gasteiger partial charge in [-0.25, -0.2) is 0 Å². The van der Waals surface area contributed by atoms with E-state index in [1.807, 2.05) is 0 Å². The molecule has 2 atom stereocenters. The van der Waals surface area contributed by atoms with E-state index in [4.69, 9.17) is 4.74 Å². The fourth-order valence-corrected chi connectivity index (χ4v) is 2.34. The summed E-state index contributed by atoms with van der Waals surface area (Å²) in [6.45, 7) is 6.74. The average Bonchev–Trinajstić information content (AvgIpc) is 2.21. The highest BCUT2D eigenvalue weighted by molar-refractivity contribution is 5.85. The number of nitrogens with one attached hydrogen (secondary N) is 1. The van der Waals surface area contributed by atoms with Crippen LogP contribution >= 0.6 is 12.4 Å². The maximum Gasteiger partial charge on any atom is 0.111 e. The molecule has 0 aliphatic carbocycles. The van der Waals surface area contributed by atoms with Crippen molar-refractivity contribution in [2.24, 2.45) is 11.8 Å². The van der Waals surface area contributed by atoms with Crippen molar-refractivity contribution in [1.82, 2.24) is 10.2 Å². The fraction of sp³-hybridized carbons (Fsp3) is 1.00. The molecule has 0 spiro atoms. The van der Waals surface area contributed by atoms with Gasteiger partial charge in [0.15, 0.2) is 0 Å². The lowest BCUT2D eigenvalue weighted by molar-refractivity contribution is -0.0683. The Morgan fingerprint density at radius 2 is 1.93 bits per heavy atom. The zero-order valence-corrected chi connectivity index (χ0v) is 10.6. The van der Waals surface area contributed by atoms with Crippen molar-refractivity contribution in [2.75, 3.05) is 33.3 Å². The molecule has 0 amide bonds. The molecule has 90 valence electrons. The zero-order chi connectivity index (χ0) is 9.97. The van der Waals surface area contributed by atoms with E-state index in [1.165, 1.54) is 25.9 Å². The Morgan fingerprint density at radius 3 is 2.47 bits per heavy atom. The highest BCUT2D eigenvalue weighted by Gasteiger charge is 2.28. The van der Waals surface area contributed by atoms with Crippen molar-refractivity contribution >= 4 is 12.4 Å². The van der Waals surface area contributed by atoms with Gasteiger partial charge in [-0.2, -0.15) is 0 Å². The number of likely N-dealkylation sites (tertiary alicyclic amines) is 1. The van der Waals surface area contributed by atoms with Gasteiger partial charge in [-0.3, -0.25) is 5.32 Å². The highest BCUT2D eigenvalue weighted by atomic mass is 35.5. The number of rotatable bonds is 1. The minimum absolute atomic E-state index is 0. The molecule has 0 aromatic carbocycles. The Hall–Kier alpha value is 0.170. The second-order valence-corrected chi connectivity index (χ2v) is 4.91. The smallest absolute Gasteiger partial charge is 0.111 e. The van der Waals surface area contributed by atoms with Crippen LogP contribution < -0.4 is 5.32 Å².